The average molecular weight is 422 g/mol. The monoisotopic (exact) mass is 421 g/mol. The summed E-state index contributed by atoms with van der Waals surface area (Å²) in [5.41, 5.74) is 2.78. The highest BCUT2D eigenvalue weighted by molar-refractivity contribution is 5.85. The van der Waals surface area contributed by atoms with Crippen molar-refractivity contribution < 1.29 is 14.3 Å². The molecule has 0 spiro atoms. The van der Waals surface area contributed by atoms with Gasteiger partial charge in [0.2, 0.25) is 5.91 Å². The summed E-state index contributed by atoms with van der Waals surface area (Å²) in [5, 5.41) is 5.70. The van der Waals surface area contributed by atoms with Gasteiger partial charge in [0.15, 0.2) is 0 Å². The molecule has 3 amide bonds. The molecule has 1 fully saturated rings. The number of H-pyrrole nitrogens is 1. The van der Waals surface area contributed by atoms with Gasteiger partial charge in [-0.3, -0.25) is 4.79 Å². The lowest BCUT2D eigenvalue weighted by molar-refractivity contribution is -0.136. The number of imidazole rings is 1. The summed E-state index contributed by atoms with van der Waals surface area (Å²) in [5.74, 6) is 0.406. The molecule has 1 atom stereocenters. The predicted octanol–water partition coefficient (Wildman–Crippen LogP) is 2.05. The largest absolute Gasteiger partial charge is 0.378 e. The quantitative estimate of drug-likeness (QED) is 0.544. The zero-order chi connectivity index (χ0) is 21.5. The Labute approximate surface area is 181 Å². The van der Waals surface area contributed by atoms with Crippen LogP contribution in [-0.2, 0) is 16.0 Å². The van der Waals surface area contributed by atoms with Crippen molar-refractivity contribution in [3.8, 4) is 0 Å². The normalized spacial score (nSPS) is 14.9. The summed E-state index contributed by atoms with van der Waals surface area (Å²) in [6, 6.07) is 17.1. The summed E-state index contributed by atoms with van der Waals surface area (Å²) >= 11 is 0. The topological polar surface area (TPSA) is 99.3 Å². The fraction of sp³-hybridized carbons (Fsp3) is 0.348. The number of aromatic nitrogens is 2. The number of carbonyl (C=O) groups excluding carboxylic acids is 2. The molecule has 162 valence electrons. The van der Waals surface area contributed by atoms with Crippen LogP contribution in [0.1, 0.15) is 17.3 Å². The second kappa shape index (κ2) is 10.1. The number of nitrogens with zero attached hydrogens (tertiary/aromatic N) is 2. The lowest BCUT2D eigenvalue weighted by atomic mass is 9.97. The number of hydrogen-bond donors (Lipinski definition) is 3. The summed E-state index contributed by atoms with van der Waals surface area (Å²) < 4.78 is 5.35. The average Bonchev–Trinajstić information content (AvgIpc) is 3.23. The second-order valence-electron chi connectivity index (χ2n) is 7.49. The van der Waals surface area contributed by atoms with Crippen molar-refractivity contribution in [2.45, 2.75) is 12.3 Å². The Morgan fingerprint density at radius 3 is 2.55 bits per heavy atom. The van der Waals surface area contributed by atoms with Crippen LogP contribution in [0.4, 0.5) is 4.79 Å². The first-order chi connectivity index (χ1) is 15.2. The van der Waals surface area contributed by atoms with Crippen molar-refractivity contribution >= 4 is 23.0 Å². The summed E-state index contributed by atoms with van der Waals surface area (Å²) in [6.45, 7) is 2.92. The maximum Gasteiger partial charge on any atom is 0.314 e. The van der Waals surface area contributed by atoms with Crippen molar-refractivity contribution in [1.82, 2.24) is 25.5 Å². The number of hydrogen-bond acceptors (Lipinski definition) is 4. The molecule has 1 unspecified atom stereocenters. The molecule has 31 heavy (non-hydrogen) atoms. The molecule has 1 aliphatic heterocycles. The number of aromatic amines is 1. The van der Waals surface area contributed by atoms with Crippen LogP contribution in [0.3, 0.4) is 0 Å². The number of benzene rings is 2. The first kappa shape index (κ1) is 20.9. The molecule has 8 heteroatoms. The Balaban J connectivity index is 1.30. The molecule has 1 aliphatic rings. The molecule has 2 heterocycles. The van der Waals surface area contributed by atoms with Gasteiger partial charge in [-0.1, -0.05) is 42.5 Å². The first-order valence-electron chi connectivity index (χ1n) is 10.6. The fourth-order valence-electron chi connectivity index (χ4n) is 3.71. The minimum atomic E-state index is -0.430. The molecule has 0 bridgehead atoms. The Kier molecular flexibility index (Phi) is 6.78. The van der Waals surface area contributed by atoms with E-state index in [0.717, 1.165) is 22.4 Å². The van der Waals surface area contributed by atoms with Crippen LogP contribution in [0.25, 0.3) is 11.0 Å². The van der Waals surface area contributed by atoms with Crippen LogP contribution in [0, 0.1) is 0 Å². The van der Waals surface area contributed by atoms with E-state index >= 15 is 0 Å². The van der Waals surface area contributed by atoms with Gasteiger partial charge in [0, 0.05) is 32.6 Å². The number of rotatable bonds is 7. The van der Waals surface area contributed by atoms with Gasteiger partial charge in [-0.25, -0.2) is 9.78 Å². The van der Waals surface area contributed by atoms with E-state index in [1.165, 1.54) is 0 Å². The van der Waals surface area contributed by atoms with Gasteiger partial charge >= 0.3 is 6.03 Å². The van der Waals surface area contributed by atoms with E-state index in [-0.39, 0.29) is 18.5 Å². The zero-order valence-electron chi connectivity index (χ0n) is 17.3. The molecule has 0 radical (unpaired) electrons. The van der Waals surface area contributed by atoms with Crippen molar-refractivity contribution in [2.75, 3.05) is 39.4 Å². The Bertz CT molecular complexity index is 981. The Hall–Kier alpha value is -3.39. The van der Waals surface area contributed by atoms with E-state index < -0.39 is 5.92 Å². The number of amides is 3. The predicted molar refractivity (Wildman–Crippen MR) is 118 cm³/mol. The molecular weight excluding hydrogens is 394 g/mol. The van der Waals surface area contributed by atoms with Crippen LogP contribution in [0.5, 0.6) is 0 Å². The Morgan fingerprint density at radius 2 is 1.77 bits per heavy atom. The summed E-state index contributed by atoms with van der Waals surface area (Å²) in [4.78, 5) is 35.0. The number of morpholine rings is 1. The lowest BCUT2D eigenvalue weighted by Gasteiger charge is -2.30. The highest BCUT2D eigenvalue weighted by Gasteiger charge is 2.27. The van der Waals surface area contributed by atoms with Crippen LogP contribution < -0.4 is 10.6 Å². The van der Waals surface area contributed by atoms with Gasteiger partial charge in [0.1, 0.15) is 5.82 Å². The van der Waals surface area contributed by atoms with Crippen molar-refractivity contribution in [1.29, 1.82) is 0 Å². The molecule has 0 saturated carbocycles. The van der Waals surface area contributed by atoms with Crippen LogP contribution in [-0.4, -0.2) is 66.2 Å². The highest BCUT2D eigenvalue weighted by Crippen LogP contribution is 2.19. The maximum atomic E-state index is 13.1. The SMILES string of the molecule is O=C(NCCc1nc2ccccc2[nH]1)NCC(C(=O)N1CCOCC1)c1ccccc1. The molecule has 1 aromatic heterocycles. The minimum Gasteiger partial charge on any atom is -0.378 e. The van der Waals surface area contributed by atoms with Gasteiger partial charge in [-0.05, 0) is 17.7 Å². The van der Waals surface area contributed by atoms with Crippen LogP contribution >= 0.6 is 0 Å². The smallest absolute Gasteiger partial charge is 0.314 e. The molecule has 8 nitrogen and oxygen atoms in total. The summed E-state index contributed by atoms with van der Waals surface area (Å²) in [7, 11) is 0. The third-order valence-electron chi connectivity index (χ3n) is 5.38. The van der Waals surface area contributed by atoms with Crippen molar-refractivity contribution in [3.63, 3.8) is 0 Å². The molecule has 4 rings (SSSR count). The molecule has 3 aromatic rings. The van der Waals surface area contributed by atoms with Crippen molar-refractivity contribution in [3.05, 3.63) is 66.0 Å². The number of urea groups is 1. The van der Waals surface area contributed by atoms with E-state index in [4.69, 9.17) is 4.74 Å². The molecular formula is C23H27N5O3. The van der Waals surface area contributed by atoms with Crippen molar-refractivity contribution in [2.24, 2.45) is 0 Å². The maximum absolute atomic E-state index is 13.1. The number of ether oxygens (including phenoxy) is 1. The fourth-order valence-corrected chi connectivity index (χ4v) is 3.71. The van der Waals surface area contributed by atoms with E-state index in [0.29, 0.717) is 39.3 Å². The van der Waals surface area contributed by atoms with E-state index in [2.05, 4.69) is 20.6 Å². The summed E-state index contributed by atoms with van der Waals surface area (Å²) in [6.07, 6.45) is 0.594. The van der Waals surface area contributed by atoms with Gasteiger partial charge in [-0.15, -0.1) is 0 Å². The standard InChI is InChI=1S/C23H27N5O3/c29-22(28-12-14-31-15-13-28)18(17-6-2-1-3-7-17)16-25-23(30)24-11-10-21-26-19-8-4-5-9-20(19)27-21/h1-9,18H,10-16H2,(H,26,27)(H2,24,25,30). The third kappa shape index (κ3) is 5.40. The van der Waals surface area contributed by atoms with Crippen LogP contribution in [0.2, 0.25) is 0 Å². The highest BCUT2D eigenvalue weighted by atomic mass is 16.5. The van der Waals surface area contributed by atoms with Crippen LogP contribution in [0.15, 0.2) is 54.6 Å². The third-order valence-corrected chi connectivity index (χ3v) is 5.38. The zero-order valence-corrected chi connectivity index (χ0v) is 17.3. The van der Waals surface area contributed by atoms with Gasteiger partial charge in [0.05, 0.1) is 30.2 Å². The Morgan fingerprint density at radius 1 is 1.03 bits per heavy atom. The van der Waals surface area contributed by atoms with Gasteiger partial charge < -0.3 is 25.3 Å². The molecule has 0 aliphatic carbocycles. The first-order valence-corrected chi connectivity index (χ1v) is 10.6. The van der Waals surface area contributed by atoms with E-state index in [9.17, 15) is 9.59 Å². The van der Waals surface area contributed by atoms with Gasteiger partial charge in [0.25, 0.3) is 0 Å². The number of fused-ring (bicyclic) bond motifs is 1. The van der Waals surface area contributed by atoms with E-state index in [1.807, 2.05) is 59.5 Å². The van der Waals surface area contributed by atoms with Gasteiger partial charge in [-0.2, -0.15) is 0 Å². The molecule has 2 aromatic carbocycles. The van der Waals surface area contributed by atoms with E-state index in [1.54, 1.807) is 0 Å². The minimum absolute atomic E-state index is 0.0112. The number of para-hydroxylation sites is 2. The molecule has 3 N–H and O–H groups in total. The molecule has 1 saturated heterocycles. The number of carbonyl (C=O) groups is 2. The lowest BCUT2D eigenvalue weighted by Crippen LogP contribution is -2.46. The number of nitrogens with one attached hydrogen (secondary N) is 3. The second-order valence-corrected chi connectivity index (χ2v) is 7.49.